The molecule has 69 heavy (non-hydrogen) atoms. The molecule has 0 saturated carbocycles. The third-order valence-electron chi connectivity index (χ3n) is 12.8. The van der Waals surface area contributed by atoms with Gasteiger partial charge in [0.15, 0.2) is 18.7 Å². The molecule has 2 aliphatic rings. The number of esters is 2. The molecule has 0 aliphatic carbocycles. The highest BCUT2D eigenvalue weighted by Crippen LogP contribution is 2.26. The summed E-state index contributed by atoms with van der Waals surface area (Å²) in [5, 5.41) is 72.1. The maximum absolute atomic E-state index is 13.0. The number of carbonyl (C=O) groups excluding carboxylic acids is 2. The molecule has 15 heteroatoms. The van der Waals surface area contributed by atoms with Gasteiger partial charge in [-0.05, 0) is 64.2 Å². The number of rotatable bonds is 42. The van der Waals surface area contributed by atoms with Crippen LogP contribution in [0.15, 0.2) is 36.5 Å². The first kappa shape index (κ1) is 62.8. The molecule has 11 unspecified atom stereocenters. The van der Waals surface area contributed by atoms with E-state index in [9.17, 15) is 45.3 Å². The fourth-order valence-corrected chi connectivity index (χ4v) is 8.37. The molecule has 0 spiro atoms. The maximum atomic E-state index is 13.0. The molecule has 0 aromatic heterocycles. The number of allylic oxidation sites excluding steroid dienone is 6. The lowest BCUT2D eigenvalue weighted by atomic mass is 9.98. The number of unbranched alkanes of at least 4 members (excludes halogenated alkanes) is 22. The van der Waals surface area contributed by atoms with Gasteiger partial charge in [0.1, 0.15) is 55.4 Å². The Morgan fingerprint density at radius 2 is 0.899 bits per heavy atom. The van der Waals surface area contributed by atoms with E-state index in [1.165, 1.54) is 83.5 Å². The zero-order valence-corrected chi connectivity index (χ0v) is 42.5. The van der Waals surface area contributed by atoms with Gasteiger partial charge in [-0.1, -0.05) is 159 Å². The minimum atomic E-state index is -1.77. The van der Waals surface area contributed by atoms with Crippen LogP contribution < -0.4 is 0 Å². The Balaban J connectivity index is 1.74. The Labute approximate surface area is 415 Å². The zero-order chi connectivity index (χ0) is 50.3. The molecular formula is C54H96O15. The molecule has 402 valence electrons. The molecule has 15 nitrogen and oxygen atoms in total. The van der Waals surface area contributed by atoms with Crippen LogP contribution in [0, 0.1) is 0 Å². The van der Waals surface area contributed by atoms with Gasteiger partial charge in [-0.2, -0.15) is 0 Å². The van der Waals surface area contributed by atoms with E-state index in [2.05, 4.69) is 50.3 Å². The molecule has 0 bridgehead atoms. The summed E-state index contributed by atoms with van der Waals surface area (Å²) in [6.45, 7) is 2.51. The first-order chi connectivity index (χ1) is 33.5. The van der Waals surface area contributed by atoms with E-state index in [1.54, 1.807) is 0 Å². The first-order valence-corrected chi connectivity index (χ1v) is 27.1. The second-order valence-electron chi connectivity index (χ2n) is 19.0. The minimum Gasteiger partial charge on any atom is -0.462 e. The zero-order valence-electron chi connectivity index (χ0n) is 42.5. The normalized spacial score (nSPS) is 25.8. The van der Waals surface area contributed by atoms with Crippen molar-refractivity contribution in [3.05, 3.63) is 36.5 Å². The van der Waals surface area contributed by atoms with Gasteiger partial charge in [0.05, 0.1) is 19.8 Å². The highest BCUT2D eigenvalue weighted by atomic mass is 16.7. The topological polar surface area (TPSA) is 231 Å². The molecule has 0 aromatic carbocycles. The Morgan fingerprint density at radius 3 is 1.42 bits per heavy atom. The molecule has 0 amide bonds. The predicted molar refractivity (Wildman–Crippen MR) is 266 cm³/mol. The second kappa shape index (κ2) is 41.2. The maximum Gasteiger partial charge on any atom is 0.306 e. The smallest absolute Gasteiger partial charge is 0.306 e. The Morgan fingerprint density at radius 1 is 0.464 bits per heavy atom. The summed E-state index contributed by atoms with van der Waals surface area (Å²) in [7, 11) is 0. The van der Waals surface area contributed by atoms with Crippen molar-refractivity contribution in [2.75, 3.05) is 26.4 Å². The van der Waals surface area contributed by atoms with Gasteiger partial charge in [-0.15, -0.1) is 0 Å². The van der Waals surface area contributed by atoms with Crippen LogP contribution in [0.25, 0.3) is 0 Å². The summed E-state index contributed by atoms with van der Waals surface area (Å²) in [6, 6.07) is 0. The lowest BCUT2D eigenvalue weighted by Crippen LogP contribution is -2.61. The van der Waals surface area contributed by atoms with Crippen molar-refractivity contribution in [1.29, 1.82) is 0 Å². The van der Waals surface area contributed by atoms with Gasteiger partial charge >= 0.3 is 11.9 Å². The molecule has 2 saturated heterocycles. The molecule has 0 aromatic rings. The summed E-state index contributed by atoms with van der Waals surface area (Å²) in [5.74, 6) is -0.937. The Bertz CT molecular complexity index is 1340. The highest BCUT2D eigenvalue weighted by Gasteiger charge is 2.47. The number of ether oxygens (including phenoxy) is 6. The molecule has 11 atom stereocenters. The van der Waals surface area contributed by atoms with Gasteiger partial charge in [0.2, 0.25) is 0 Å². The first-order valence-electron chi connectivity index (χ1n) is 27.1. The van der Waals surface area contributed by atoms with E-state index in [0.717, 1.165) is 77.0 Å². The number of aliphatic hydroxyl groups is 7. The van der Waals surface area contributed by atoms with Crippen LogP contribution in [0.5, 0.6) is 0 Å². The second-order valence-corrected chi connectivity index (χ2v) is 19.0. The van der Waals surface area contributed by atoms with Gasteiger partial charge in [0, 0.05) is 12.8 Å². The number of hydrogen-bond acceptors (Lipinski definition) is 15. The minimum absolute atomic E-state index is 0.161. The third-order valence-corrected chi connectivity index (χ3v) is 12.8. The lowest BCUT2D eigenvalue weighted by molar-refractivity contribution is -0.332. The number of carbonyl (C=O) groups is 2. The fourth-order valence-electron chi connectivity index (χ4n) is 8.37. The van der Waals surface area contributed by atoms with Gasteiger partial charge in [0.25, 0.3) is 0 Å². The molecule has 2 heterocycles. The van der Waals surface area contributed by atoms with E-state index >= 15 is 0 Å². The largest absolute Gasteiger partial charge is 0.462 e. The fraction of sp³-hybridized carbons (Fsp3) is 0.852. The molecular weight excluding hydrogens is 889 g/mol. The van der Waals surface area contributed by atoms with Crippen LogP contribution in [-0.4, -0.2) is 142 Å². The standard InChI is InChI=1S/C54H96O15/c1-3-5-7-9-11-13-15-16-17-18-19-20-21-22-23-24-25-26-27-29-31-33-35-37-46(57)67-42(39-64-45(56)36-34-32-30-28-14-12-10-8-6-4-2)40-65-53-52(63)50(61)48(59)44(69-53)41-66-54-51(62)49(60)47(58)43(38-55)68-54/h8,10,15-16,18-19,42-44,47-55,58-63H,3-7,9,11-14,17,20-41H2,1-2H3/b10-8-,16-15-,19-18-. The van der Waals surface area contributed by atoms with Crippen LogP contribution in [0.1, 0.15) is 200 Å². The van der Waals surface area contributed by atoms with Crippen LogP contribution in [0.3, 0.4) is 0 Å². The summed E-state index contributed by atoms with van der Waals surface area (Å²) in [4.78, 5) is 25.7. The van der Waals surface area contributed by atoms with E-state index in [4.69, 9.17) is 28.4 Å². The average Bonchev–Trinajstić information content (AvgIpc) is 3.34. The van der Waals surface area contributed by atoms with E-state index in [0.29, 0.717) is 12.8 Å². The van der Waals surface area contributed by atoms with Crippen LogP contribution >= 0.6 is 0 Å². The van der Waals surface area contributed by atoms with Crippen molar-refractivity contribution in [3.63, 3.8) is 0 Å². The van der Waals surface area contributed by atoms with E-state index in [1.807, 2.05) is 0 Å². The van der Waals surface area contributed by atoms with Crippen molar-refractivity contribution in [3.8, 4) is 0 Å². The van der Waals surface area contributed by atoms with Crippen molar-refractivity contribution in [1.82, 2.24) is 0 Å². The van der Waals surface area contributed by atoms with Crippen molar-refractivity contribution < 1.29 is 73.8 Å². The van der Waals surface area contributed by atoms with Gasteiger partial charge in [-0.3, -0.25) is 9.59 Å². The molecule has 0 radical (unpaired) electrons. The number of hydrogen-bond donors (Lipinski definition) is 7. The molecule has 7 N–H and O–H groups in total. The highest BCUT2D eigenvalue weighted by molar-refractivity contribution is 5.70. The molecule has 2 rings (SSSR count). The summed E-state index contributed by atoms with van der Waals surface area (Å²) in [5.41, 5.74) is 0. The van der Waals surface area contributed by atoms with E-state index in [-0.39, 0.29) is 26.1 Å². The van der Waals surface area contributed by atoms with Crippen LogP contribution in [0.4, 0.5) is 0 Å². The quantitative estimate of drug-likeness (QED) is 0.0174. The SMILES string of the molecule is CCC/C=C\CCCCCCCC(=O)OCC(COC1OC(COC2OC(CO)C(O)C(O)C2O)C(O)C(O)C1O)OC(=O)CCCCCCCCCCCCC/C=C\C/C=C\CCCCCCC. The van der Waals surface area contributed by atoms with Crippen molar-refractivity contribution in [2.45, 2.75) is 268 Å². The van der Waals surface area contributed by atoms with E-state index < -0.39 is 92.7 Å². The number of aliphatic hydroxyl groups excluding tert-OH is 7. The average molecular weight is 985 g/mol. The van der Waals surface area contributed by atoms with Crippen LogP contribution in [-0.2, 0) is 38.0 Å². The monoisotopic (exact) mass is 985 g/mol. The summed E-state index contributed by atoms with van der Waals surface area (Å²) >= 11 is 0. The molecule has 2 aliphatic heterocycles. The Hall–Kier alpha value is -2.28. The predicted octanol–water partition coefficient (Wildman–Crippen LogP) is 8.10. The lowest BCUT2D eigenvalue weighted by Gasteiger charge is -2.42. The van der Waals surface area contributed by atoms with Gasteiger partial charge in [-0.25, -0.2) is 0 Å². The third kappa shape index (κ3) is 29.1. The summed E-state index contributed by atoms with van der Waals surface area (Å²) < 4.78 is 33.6. The molecule has 2 fully saturated rings. The Kier molecular flexibility index (Phi) is 37.5. The van der Waals surface area contributed by atoms with Crippen LogP contribution in [0.2, 0.25) is 0 Å². The van der Waals surface area contributed by atoms with Crippen molar-refractivity contribution in [2.24, 2.45) is 0 Å². The summed E-state index contributed by atoms with van der Waals surface area (Å²) in [6.07, 6.45) is 27.6. The van der Waals surface area contributed by atoms with Gasteiger partial charge < -0.3 is 64.2 Å². The van der Waals surface area contributed by atoms with Crippen molar-refractivity contribution >= 4 is 11.9 Å².